The number of hydrogen-bond donors (Lipinski definition) is 4. The van der Waals surface area contributed by atoms with Gasteiger partial charge in [0.1, 0.15) is 12.1 Å². The number of rotatable bonds is 8. The summed E-state index contributed by atoms with van der Waals surface area (Å²) in [5, 5.41) is 6.32. The fourth-order valence-corrected chi connectivity index (χ4v) is 3.32. The lowest BCUT2D eigenvalue weighted by atomic mass is 10.0. The summed E-state index contributed by atoms with van der Waals surface area (Å²) in [6.07, 6.45) is 2.37. The van der Waals surface area contributed by atoms with Gasteiger partial charge in [-0.15, -0.1) is 0 Å². The highest BCUT2D eigenvalue weighted by Gasteiger charge is 2.26. The Kier molecular flexibility index (Phi) is 6.29. The van der Waals surface area contributed by atoms with Gasteiger partial charge in [-0.1, -0.05) is 48.5 Å². The first-order valence-corrected chi connectivity index (χ1v) is 9.39. The van der Waals surface area contributed by atoms with E-state index in [-0.39, 0.29) is 12.3 Å². The minimum absolute atomic E-state index is 0.253. The zero-order valence-corrected chi connectivity index (χ0v) is 16.1. The van der Waals surface area contributed by atoms with Crippen LogP contribution in [0.2, 0.25) is 0 Å². The summed E-state index contributed by atoms with van der Waals surface area (Å²) in [7, 11) is 0. The van der Waals surface area contributed by atoms with Gasteiger partial charge in [0.25, 0.3) is 0 Å². The van der Waals surface area contributed by atoms with Crippen LogP contribution in [0.3, 0.4) is 0 Å². The van der Waals surface area contributed by atoms with E-state index in [9.17, 15) is 14.4 Å². The van der Waals surface area contributed by atoms with Crippen LogP contribution in [0.15, 0.2) is 60.8 Å². The summed E-state index contributed by atoms with van der Waals surface area (Å²) >= 11 is 0. The van der Waals surface area contributed by atoms with E-state index in [1.54, 1.807) is 0 Å². The van der Waals surface area contributed by atoms with Gasteiger partial charge in [-0.3, -0.25) is 14.4 Å². The molecule has 0 fully saturated rings. The highest BCUT2D eigenvalue weighted by atomic mass is 16.2. The van der Waals surface area contributed by atoms with E-state index in [1.165, 1.54) is 6.92 Å². The van der Waals surface area contributed by atoms with E-state index >= 15 is 0 Å². The molecule has 7 nitrogen and oxygen atoms in total. The first-order valence-electron chi connectivity index (χ1n) is 9.39. The van der Waals surface area contributed by atoms with Crippen LogP contribution in [0.5, 0.6) is 0 Å². The van der Waals surface area contributed by atoms with Crippen LogP contribution in [0, 0.1) is 0 Å². The molecule has 3 aromatic rings. The third kappa shape index (κ3) is 5.22. The Balaban J connectivity index is 1.75. The molecule has 0 bridgehead atoms. The lowest BCUT2D eigenvalue weighted by Crippen LogP contribution is -2.54. The van der Waals surface area contributed by atoms with E-state index in [1.807, 2.05) is 60.8 Å². The van der Waals surface area contributed by atoms with Crippen LogP contribution < -0.4 is 16.4 Å². The second-order valence-corrected chi connectivity index (χ2v) is 6.97. The Morgan fingerprint density at radius 2 is 1.62 bits per heavy atom. The van der Waals surface area contributed by atoms with Crippen molar-refractivity contribution in [2.24, 2.45) is 5.73 Å². The molecule has 0 aliphatic rings. The highest BCUT2D eigenvalue weighted by molar-refractivity contribution is 5.92. The van der Waals surface area contributed by atoms with Crippen LogP contribution in [-0.4, -0.2) is 34.8 Å². The number of nitrogens with one attached hydrogen (secondary N) is 3. The maximum Gasteiger partial charge on any atom is 0.243 e. The number of hydrogen-bond acceptors (Lipinski definition) is 3. The molecule has 2 aromatic carbocycles. The Labute approximate surface area is 168 Å². The van der Waals surface area contributed by atoms with Gasteiger partial charge in [-0.05, 0) is 17.2 Å². The molecule has 3 amide bonds. The Bertz CT molecular complexity index is 1010. The number of primary amides is 1. The maximum atomic E-state index is 12.8. The molecular weight excluding hydrogens is 368 g/mol. The summed E-state index contributed by atoms with van der Waals surface area (Å²) in [6, 6.07) is 15.3. The van der Waals surface area contributed by atoms with Crippen molar-refractivity contribution in [2.75, 3.05) is 0 Å². The minimum Gasteiger partial charge on any atom is -0.368 e. The first kappa shape index (κ1) is 20.1. The SMILES string of the molecule is CC(=O)N[C@H](Cc1ccccc1)C(=O)N[C@@H](Cc1c[nH]c2ccccc12)C(N)=O. The predicted octanol–water partition coefficient (Wildman–Crippen LogP) is 1.43. The van der Waals surface area contributed by atoms with Crippen molar-refractivity contribution < 1.29 is 14.4 Å². The topological polar surface area (TPSA) is 117 Å². The van der Waals surface area contributed by atoms with Crippen molar-refractivity contribution in [2.45, 2.75) is 31.8 Å². The van der Waals surface area contributed by atoms with E-state index in [0.717, 1.165) is 22.0 Å². The van der Waals surface area contributed by atoms with Crippen molar-refractivity contribution in [3.05, 3.63) is 71.9 Å². The number of nitrogens with two attached hydrogens (primary N) is 1. The van der Waals surface area contributed by atoms with Gasteiger partial charge < -0.3 is 21.4 Å². The monoisotopic (exact) mass is 392 g/mol. The molecule has 150 valence electrons. The molecule has 0 aliphatic heterocycles. The number of para-hydroxylation sites is 1. The van der Waals surface area contributed by atoms with Gasteiger partial charge in [0.05, 0.1) is 0 Å². The van der Waals surface area contributed by atoms with Crippen LogP contribution in [0.25, 0.3) is 10.9 Å². The van der Waals surface area contributed by atoms with Crippen molar-refractivity contribution in [3.8, 4) is 0 Å². The zero-order valence-electron chi connectivity index (χ0n) is 16.1. The molecule has 29 heavy (non-hydrogen) atoms. The Hall–Kier alpha value is -3.61. The van der Waals surface area contributed by atoms with Crippen molar-refractivity contribution in [1.29, 1.82) is 0 Å². The average Bonchev–Trinajstić information content (AvgIpc) is 3.10. The Morgan fingerprint density at radius 1 is 0.931 bits per heavy atom. The number of H-pyrrole nitrogens is 1. The summed E-state index contributed by atoms with van der Waals surface area (Å²) in [5.41, 5.74) is 8.27. The largest absolute Gasteiger partial charge is 0.368 e. The molecule has 7 heteroatoms. The Morgan fingerprint density at radius 3 is 2.31 bits per heavy atom. The maximum absolute atomic E-state index is 12.8. The molecule has 3 rings (SSSR count). The van der Waals surface area contributed by atoms with E-state index < -0.39 is 23.9 Å². The standard InChI is InChI=1S/C22H24N4O3/c1-14(27)25-20(11-15-7-3-2-4-8-15)22(29)26-19(21(23)28)12-16-13-24-18-10-6-5-9-17(16)18/h2-10,13,19-20,24H,11-12H2,1H3,(H2,23,28)(H,25,27)(H,26,29)/t19-,20+/m0/s1. The molecule has 1 heterocycles. The summed E-state index contributed by atoms with van der Waals surface area (Å²) < 4.78 is 0. The van der Waals surface area contributed by atoms with E-state index in [4.69, 9.17) is 5.73 Å². The number of carbonyl (C=O) groups excluding carboxylic acids is 3. The minimum atomic E-state index is -0.895. The zero-order chi connectivity index (χ0) is 20.8. The molecule has 2 atom stereocenters. The molecule has 0 saturated carbocycles. The second-order valence-electron chi connectivity index (χ2n) is 6.97. The van der Waals surface area contributed by atoms with Crippen LogP contribution in [0.4, 0.5) is 0 Å². The number of carbonyl (C=O) groups is 3. The summed E-state index contributed by atoms with van der Waals surface area (Å²) in [6.45, 7) is 1.35. The number of aromatic amines is 1. The van der Waals surface area contributed by atoms with Gasteiger partial charge >= 0.3 is 0 Å². The van der Waals surface area contributed by atoms with Gasteiger partial charge in [0, 0.05) is 36.9 Å². The predicted molar refractivity (Wildman–Crippen MR) is 111 cm³/mol. The van der Waals surface area contributed by atoms with Crippen molar-refractivity contribution in [1.82, 2.24) is 15.6 Å². The first-order chi connectivity index (χ1) is 13.9. The fourth-order valence-electron chi connectivity index (χ4n) is 3.32. The number of aromatic nitrogens is 1. The van der Waals surface area contributed by atoms with Crippen LogP contribution >= 0.6 is 0 Å². The number of benzene rings is 2. The molecule has 0 radical (unpaired) electrons. The third-order valence-electron chi connectivity index (χ3n) is 4.74. The number of amides is 3. The second kappa shape index (κ2) is 9.05. The lowest BCUT2D eigenvalue weighted by molar-refractivity contribution is -0.130. The van der Waals surface area contributed by atoms with Crippen LogP contribution in [-0.2, 0) is 27.2 Å². The van der Waals surface area contributed by atoms with Crippen molar-refractivity contribution in [3.63, 3.8) is 0 Å². The van der Waals surface area contributed by atoms with E-state index in [0.29, 0.717) is 6.42 Å². The van der Waals surface area contributed by atoms with Gasteiger partial charge in [0.15, 0.2) is 0 Å². The fraction of sp³-hybridized carbons (Fsp3) is 0.227. The quantitative estimate of drug-likeness (QED) is 0.464. The van der Waals surface area contributed by atoms with Gasteiger partial charge in [0.2, 0.25) is 17.7 Å². The van der Waals surface area contributed by atoms with Gasteiger partial charge in [-0.25, -0.2) is 0 Å². The van der Waals surface area contributed by atoms with Gasteiger partial charge in [-0.2, -0.15) is 0 Å². The molecule has 5 N–H and O–H groups in total. The molecule has 0 spiro atoms. The molecular formula is C22H24N4O3. The third-order valence-corrected chi connectivity index (χ3v) is 4.74. The normalized spacial score (nSPS) is 12.9. The van der Waals surface area contributed by atoms with E-state index in [2.05, 4.69) is 15.6 Å². The number of fused-ring (bicyclic) bond motifs is 1. The molecule has 0 unspecified atom stereocenters. The average molecular weight is 392 g/mol. The molecule has 0 saturated heterocycles. The molecule has 1 aromatic heterocycles. The molecule has 0 aliphatic carbocycles. The smallest absolute Gasteiger partial charge is 0.243 e. The van der Waals surface area contributed by atoms with Crippen molar-refractivity contribution >= 4 is 28.6 Å². The summed E-state index contributed by atoms with van der Waals surface area (Å²) in [5.74, 6) is -1.41. The lowest BCUT2D eigenvalue weighted by Gasteiger charge is -2.21. The van der Waals surface area contributed by atoms with Crippen LogP contribution in [0.1, 0.15) is 18.1 Å². The highest BCUT2D eigenvalue weighted by Crippen LogP contribution is 2.19. The summed E-state index contributed by atoms with van der Waals surface area (Å²) in [4.78, 5) is 39.6.